The summed E-state index contributed by atoms with van der Waals surface area (Å²) in [6.07, 6.45) is 0.841. The molecule has 1 aromatic carbocycles. The highest BCUT2D eigenvalue weighted by Crippen LogP contribution is 2.27. The average Bonchev–Trinajstić information content (AvgIpc) is 2.35. The van der Waals surface area contributed by atoms with Crippen molar-refractivity contribution in [2.45, 2.75) is 26.2 Å². The van der Waals surface area contributed by atoms with Gasteiger partial charge in [0.05, 0.1) is 13.7 Å². The van der Waals surface area contributed by atoms with Crippen LogP contribution in [0.25, 0.3) is 0 Å². The highest BCUT2D eigenvalue weighted by atomic mass is 16.5. The Kier molecular flexibility index (Phi) is 5.83. The normalized spacial score (nSPS) is 11.1. The fourth-order valence-corrected chi connectivity index (χ4v) is 2.02. The number of benzene rings is 1. The number of methoxy groups -OCH3 is 1. The van der Waals surface area contributed by atoms with Crippen molar-refractivity contribution in [2.24, 2.45) is 0 Å². The molecule has 1 rings (SSSR count). The largest absolute Gasteiger partial charge is 0.496 e. The standard InChI is InChI=1S/C15H23NO3/c1-11(2)13-9-12(5-6-14(13)19-4)7-8-16(3)10-15(17)18/h5-6,9,11H,7-8,10H2,1-4H3,(H,17,18). The molecule has 0 fully saturated rings. The van der Waals surface area contributed by atoms with E-state index in [0.29, 0.717) is 5.92 Å². The summed E-state index contributed by atoms with van der Waals surface area (Å²) in [6, 6.07) is 6.18. The predicted octanol–water partition coefficient (Wildman–Crippen LogP) is 2.38. The lowest BCUT2D eigenvalue weighted by Gasteiger charge is -2.16. The first-order valence-electron chi connectivity index (χ1n) is 6.51. The van der Waals surface area contributed by atoms with Crippen molar-refractivity contribution in [3.63, 3.8) is 0 Å². The number of hydrogen-bond acceptors (Lipinski definition) is 3. The topological polar surface area (TPSA) is 49.8 Å². The van der Waals surface area contributed by atoms with Crippen LogP contribution < -0.4 is 4.74 Å². The van der Waals surface area contributed by atoms with E-state index in [0.717, 1.165) is 18.7 Å². The second kappa shape index (κ2) is 7.14. The Morgan fingerprint density at radius 2 is 2.11 bits per heavy atom. The first kappa shape index (κ1) is 15.5. The zero-order valence-electron chi connectivity index (χ0n) is 12.1. The van der Waals surface area contributed by atoms with E-state index < -0.39 is 5.97 Å². The maximum Gasteiger partial charge on any atom is 0.317 e. The van der Waals surface area contributed by atoms with Crippen LogP contribution in [0, 0.1) is 0 Å². The van der Waals surface area contributed by atoms with Crippen molar-refractivity contribution in [3.8, 4) is 5.75 Å². The Bertz CT molecular complexity index is 429. The van der Waals surface area contributed by atoms with Crippen LogP contribution in [0.3, 0.4) is 0 Å². The van der Waals surface area contributed by atoms with Crippen LogP contribution in [0.2, 0.25) is 0 Å². The first-order chi connectivity index (χ1) is 8.93. The molecule has 0 aliphatic carbocycles. The molecule has 0 bridgehead atoms. The van der Waals surface area contributed by atoms with Crippen molar-refractivity contribution in [3.05, 3.63) is 29.3 Å². The molecule has 0 atom stereocenters. The Morgan fingerprint density at radius 3 is 2.63 bits per heavy atom. The highest BCUT2D eigenvalue weighted by molar-refractivity contribution is 5.69. The van der Waals surface area contributed by atoms with Crippen LogP contribution in [0.4, 0.5) is 0 Å². The van der Waals surface area contributed by atoms with Gasteiger partial charge in [-0.1, -0.05) is 26.0 Å². The van der Waals surface area contributed by atoms with Gasteiger partial charge in [-0.2, -0.15) is 0 Å². The van der Waals surface area contributed by atoms with Crippen molar-refractivity contribution in [1.82, 2.24) is 4.90 Å². The number of nitrogens with zero attached hydrogens (tertiary/aromatic N) is 1. The molecular weight excluding hydrogens is 242 g/mol. The zero-order valence-corrected chi connectivity index (χ0v) is 12.1. The van der Waals surface area contributed by atoms with Gasteiger partial charge in [-0.25, -0.2) is 0 Å². The van der Waals surface area contributed by atoms with Gasteiger partial charge in [-0.15, -0.1) is 0 Å². The molecule has 0 aromatic heterocycles. The Morgan fingerprint density at radius 1 is 1.42 bits per heavy atom. The van der Waals surface area contributed by atoms with Crippen LogP contribution in [0.15, 0.2) is 18.2 Å². The monoisotopic (exact) mass is 265 g/mol. The van der Waals surface area contributed by atoms with Crippen LogP contribution in [-0.4, -0.2) is 43.2 Å². The van der Waals surface area contributed by atoms with Gasteiger partial charge >= 0.3 is 5.97 Å². The molecule has 4 nitrogen and oxygen atoms in total. The van der Waals surface area contributed by atoms with Gasteiger partial charge in [-0.3, -0.25) is 9.69 Å². The summed E-state index contributed by atoms with van der Waals surface area (Å²) >= 11 is 0. The Hall–Kier alpha value is -1.55. The number of aliphatic carboxylic acids is 1. The van der Waals surface area contributed by atoms with Crippen molar-refractivity contribution in [2.75, 3.05) is 27.2 Å². The summed E-state index contributed by atoms with van der Waals surface area (Å²) < 4.78 is 5.35. The van der Waals surface area contributed by atoms with E-state index in [1.165, 1.54) is 11.1 Å². The molecule has 0 aliphatic rings. The molecular formula is C15H23NO3. The SMILES string of the molecule is COc1ccc(CCN(C)CC(=O)O)cc1C(C)C. The summed E-state index contributed by atoms with van der Waals surface area (Å²) in [4.78, 5) is 12.4. The Balaban J connectivity index is 2.69. The van der Waals surface area contributed by atoms with Crippen molar-refractivity contribution in [1.29, 1.82) is 0 Å². The highest BCUT2D eigenvalue weighted by Gasteiger charge is 2.09. The molecule has 0 saturated carbocycles. The van der Waals surface area contributed by atoms with Gasteiger partial charge in [0.1, 0.15) is 5.75 Å². The third-order valence-electron chi connectivity index (χ3n) is 3.10. The third kappa shape index (κ3) is 4.91. The number of rotatable bonds is 7. The lowest BCUT2D eigenvalue weighted by molar-refractivity contribution is -0.137. The minimum atomic E-state index is -0.792. The number of carboxylic acids is 1. The molecule has 0 spiro atoms. The molecule has 0 amide bonds. The van der Waals surface area contributed by atoms with Gasteiger partial charge in [0, 0.05) is 6.54 Å². The van der Waals surface area contributed by atoms with Crippen molar-refractivity contribution < 1.29 is 14.6 Å². The molecule has 0 aliphatic heterocycles. The van der Waals surface area contributed by atoms with E-state index in [-0.39, 0.29) is 6.54 Å². The summed E-state index contributed by atoms with van der Waals surface area (Å²) in [6.45, 7) is 5.08. The van der Waals surface area contributed by atoms with Gasteiger partial charge in [-0.05, 0) is 36.6 Å². The van der Waals surface area contributed by atoms with E-state index in [4.69, 9.17) is 9.84 Å². The predicted molar refractivity (Wildman–Crippen MR) is 75.9 cm³/mol. The molecule has 4 heteroatoms. The molecule has 0 unspecified atom stereocenters. The fourth-order valence-electron chi connectivity index (χ4n) is 2.02. The lowest BCUT2D eigenvalue weighted by atomic mass is 9.98. The quantitative estimate of drug-likeness (QED) is 0.822. The average molecular weight is 265 g/mol. The third-order valence-corrected chi connectivity index (χ3v) is 3.10. The molecule has 1 aromatic rings. The molecule has 0 saturated heterocycles. The number of carboxylic acid groups (broad SMARTS) is 1. The molecule has 0 heterocycles. The van der Waals surface area contributed by atoms with Gasteiger partial charge in [0.25, 0.3) is 0 Å². The van der Waals surface area contributed by atoms with E-state index in [2.05, 4.69) is 19.9 Å². The summed E-state index contributed by atoms with van der Waals surface area (Å²) in [5.74, 6) is 0.532. The van der Waals surface area contributed by atoms with E-state index in [9.17, 15) is 4.79 Å². The smallest absolute Gasteiger partial charge is 0.317 e. The number of carbonyl (C=O) groups is 1. The first-order valence-corrected chi connectivity index (χ1v) is 6.51. The molecule has 106 valence electrons. The van der Waals surface area contributed by atoms with Gasteiger partial charge < -0.3 is 9.84 Å². The van der Waals surface area contributed by atoms with Crippen LogP contribution in [0.1, 0.15) is 30.9 Å². The maximum absolute atomic E-state index is 10.6. The second-order valence-electron chi connectivity index (χ2n) is 5.11. The van der Waals surface area contributed by atoms with Gasteiger partial charge in [0.15, 0.2) is 0 Å². The van der Waals surface area contributed by atoms with Gasteiger partial charge in [0.2, 0.25) is 0 Å². The summed E-state index contributed by atoms with van der Waals surface area (Å²) in [7, 11) is 3.50. The van der Waals surface area contributed by atoms with Crippen LogP contribution in [-0.2, 0) is 11.2 Å². The number of likely N-dealkylation sites (N-methyl/N-ethyl adjacent to an activating group) is 1. The second-order valence-corrected chi connectivity index (χ2v) is 5.11. The molecule has 19 heavy (non-hydrogen) atoms. The Labute approximate surface area is 115 Å². The number of ether oxygens (including phenoxy) is 1. The zero-order chi connectivity index (χ0) is 14.4. The minimum absolute atomic E-state index is 0.0766. The molecule has 0 radical (unpaired) electrons. The number of hydrogen-bond donors (Lipinski definition) is 1. The molecule has 1 N–H and O–H groups in total. The van der Waals surface area contributed by atoms with Crippen LogP contribution >= 0.6 is 0 Å². The fraction of sp³-hybridized carbons (Fsp3) is 0.533. The minimum Gasteiger partial charge on any atom is -0.496 e. The van der Waals surface area contributed by atoms with E-state index in [1.807, 2.05) is 24.1 Å². The summed E-state index contributed by atoms with van der Waals surface area (Å²) in [5.41, 5.74) is 2.41. The van der Waals surface area contributed by atoms with Crippen LogP contribution in [0.5, 0.6) is 5.75 Å². The van der Waals surface area contributed by atoms with E-state index in [1.54, 1.807) is 7.11 Å². The lowest BCUT2D eigenvalue weighted by Crippen LogP contribution is -2.27. The maximum atomic E-state index is 10.6. The van der Waals surface area contributed by atoms with Crippen molar-refractivity contribution >= 4 is 5.97 Å². The van der Waals surface area contributed by atoms with E-state index >= 15 is 0 Å². The summed E-state index contributed by atoms with van der Waals surface area (Å²) in [5, 5.41) is 8.71.